The molecule has 0 fully saturated rings. The molecule has 2 rings (SSSR count). The van der Waals surface area contributed by atoms with E-state index >= 15 is 0 Å². The number of aromatic amines is 1. The van der Waals surface area contributed by atoms with Gasteiger partial charge in [-0.05, 0) is 19.9 Å². The van der Waals surface area contributed by atoms with Crippen molar-refractivity contribution in [3.05, 3.63) is 45.7 Å². The number of nitrogens with two attached hydrogens (primary N) is 1. The Labute approximate surface area is 114 Å². The van der Waals surface area contributed by atoms with Crippen molar-refractivity contribution in [1.82, 2.24) is 15.2 Å². The van der Waals surface area contributed by atoms with Gasteiger partial charge in [0.1, 0.15) is 5.01 Å². The van der Waals surface area contributed by atoms with Crippen molar-refractivity contribution >= 4 is 28.9 Å². The molecule has 98 valence electrons. The van der Waals surface area contributed by atoms with Crippen molar-refractivity contribution in [3.63, 3.8) is 0 Å². The number of nitrogens with zero attached hydrogens (tertiary/aromatic N) is 2. The third kappa shape index (κ3) is 2.63. The molecule has 0 saturated heterocycles. The molecule has 0 atom stereocenters. The van der Waals surface area contributed by atoms with Gasteiger partial charge in [0.2, 0.25) is 0 Å². The van der Waals surface area contributed by atoms with Gasteiger partial charge in [-0.1, -0.05) is 12.7 Å². The van der Waals surface area contributed by atoms with E-state index in [1.165, 1.54) is 0 Å². The highest BCUT2D eigenvalue weighted by Crippen LogP contribution is 2.25. The summed E-state index contributed by atoms with van der Waals surface area (Å²) >= 11 is 1.56. The molecular formula is C13H14N4OS. The van der Waals surface area contributed by atoms with E-state index in [0.29, 0.717) is 5.56 Å². The standard InChI is InChI=1S/C13H14N4OS/c1-4-9(13-15-6-7(2)19-13)5-10-8(3)16-17-11(10)12(14)18/h4-6H,1H2,2-3H3,(H2,14,18)(H,16,17)/b9-5+. The van der Waals surface area contributed by atoms with Crippen LogP contribution in [0.3, 0.4) is 0 Å². The van der Waals surface area contributed by atoms with Gasteiger partial charge in [-0.25, -0.2) is 4.98 Å². The second kappa shape index (κ2) is 5.19. The molecule has 1 amide bonds. The number of allylic oxidation sites excluding steroid dienone is 2. The number of rotatable bonds is 4. The van der Waals surface area contributed by atoms with Gasteiger partial charge in [0.15, 0.2) is 5.69 Å². The first-order valence-electron chi connectivity index (χ1n) is 5.64. The fraction of sp³-hybridized carbons (Fsp3) is 0.154. The molecule has 0 saturated carbocycles. The first-order chi connectivity index (χ1) is 9.02. The molecule has 5 nitrogen and oxygen atoms in total. The Bertz CT molecular complexity index is 666. The van der Waals surface area contributed by atoms with Crippen molar-refractivity contribution in [2.75, 3.05) is 0 Å². The summed E-state index contributed by atoms with van der Waals surface area (Å²) < 4.78 is 0. The molecule has 0 spiro atoms. The van der Waals surface area contributed by atoms with Gasteiger partial charge in [0.25, 0.3) is 5.91 Å². The quantitative estimate of drug-likeness (QED) is 0.839. The second-order valence-electron chi connectivity index (χ2n) is 4.06. The number of carbonyl (C=O) groups excluding carboxylic acids is 1. The lowest BCUT2D eigenvalue weighted by Crippen LogP contribution is -2.12. The number of hydrogen-bond acceptors (Lipinski definition) is 4. The van der Waals surface area contributed by atoms with Crippen molar-refractivity contribution in [2.45, 2.75) is 13.8 Å². The maximum atomic E-state index is 11.3. The fourth-order valence-corrected chi connectivity index (χ4v) is 2.43. The summed E-state index contributed by atoms with van der Waals surface area (Å²) in [5.74, 6) is -0.561. The van der Waals surface area contributed by atoms with Gasteiger partial charge in [0, 0.05) is 27.9 Å². The van der Waals surface area contributed by atoms with Gasteiger partial charge in [0.05, 0.1) is 0 Å². The Morgan fingerprint density at radius 2 is 2.26 bits per heavy atom. The Hall–Kier alpha value is -2.21. The SMILES string of the molecule is C=C/C(=C\c1c(C(N)=O)n[nH]c1C)c1ncc(C)s1. The van der Waals surface area contributed by atoms with E-state index in [4.69, 9.17) is 5.73 Å². The third-order valence-corrected chi connectivity index (χ3v) is 3.58. The number of hydrogen-bond donors (Lipinski definition) is 2. The molecule has 0 aromatic carbocycles. The number of H-pyrrole nitrogens is 1. The normalized spacial score (nSPS) is 11.6. The molecule has 2 aromatic heterocycles. The molecule has 19 heavy (non-hydrogen) atoms. The molecule has 0 aliphatic carbocycles. The third-order valence-electron chi connectivity index (χ3n) is 2.62. The van der Waals surface area contributed by atoms with Crippen LogP contribution in [-0.4, -0.2) is 21.1 Å². The molecule has 0 bridgehead atoms. The van der Waals surface area contributed by atoms with E-state index < -0.39 is 5.91 Å². The van der Waals surface area contributed by atoms with Crippen LogP contribution < -0.4 is 5.73 Å². The van der Waals surface area contributed by atoms with Gasteiger partial charge in [-0.15, -0.1) is 11.3 Å². The van der Waals surface area contributed by atoms with Crippen LogP contribution in [0.4, 0.5) is 0 Å². The van der Waals surface area contributed by atoms with E-state index in [1.54, 1.807) is 23.6 Å². The molecule has 6 heteroatoms. The van der Waals surface area contributed by atoms with E-state index in [9.17, 15) is 4.79 Å². The molecule has 2 heterocycles. The van der Waals surface area contributed by atoms with Crippen LogP contribution in [0.5, 0.6) is 0 Å². The number of aromatic nitrogens is 3. The van der Waals surface area contributed by atoms with E-state index in [-0.39, 0.29) is 5.69 Å². The monoisotopic (exact) mass is 274 g/mol. The summed E-state index contributed by atoms with van der Waals surface area (Å²) in [4.78, 5) is 16.7. The number of amides is 1. The summed E-state index contributed by atoms with van der Waals surface area (Å²) in [6, 6.07) is 0. The summed E-state index contributed by atoms with van der Waals surface area (Å²) in [7, 11) is 0. The Morgan fingerprint density at radius 3 is 2.79 bits per heavy atom. The maximum absolute atomic E-state index is 11.3. The molecule has 0 radical (unpaired) electrons. The van der Waals surface area contributed by atoms with Crippen molar-refractivity contribution in [1.29, 1.82) is 0 Å². The van der Waals surface area contributed by atoms with E-state index in [2.05, 4.69) is 21.8 Å². The number of carbonyl (C=O) groups is 1. The van der Waals surface area contributed by atoms with Crippen LogP contribution in [0.15, 0.2) is 18.9 Å². The number of primary amides is 1. The zero-order valence-corrected chi connectivity index (χ0v) is 11.5. The lowest BCUT2D eigenvalue weighted by Gasteiger charge is -1.99. The zero-order valence-electron chi connectivity index (χ0n) is 10.7. The van der Waals surface area contributed by atoms with E-state index in [1.807, 2.05) is 19.9 Å². The summed E-state index contributed by atoms with van der Waals surface area (Å²) in [5, 5.41) is 7.51. The average Bonchev–Trinajstić information content (AvgIpc) is 2.93. The Balaban J connectivity index is 2.52. The first-order valence-corrected chi connectivity index (χ1v) is 6.46. The topological polar surface area (TPSA) is 84.7 Å². The highest BCUT2D eigenvalue weighted by atomic mass is 32.1. The van der Waals surface area contributed by atoms with Crippen LogP contribution >= 0.6 is 11.3 Å². The van der Waals surface area contributed by atoms with Crippen molar-refractivity contribution < 1.29 is 4.79 Å². The summed E-state index contributed by atoms with van der Waals surface area (Å²) in [6.45, 7) is 7.60. The van der Waals surface area contributed by atoms with E-state index in [0.717, 1.165) is 21.2 Å². The minimum atomic E-state index is -0.561. The number of aryl methyl sites for hydroxylation is 2. The smallest absolute Gasteiger partial charge is 0.269 e. The lowest BCUT2D eigenvalue weighted by atomic mass is 10.1. The van der Waals surface area contributed by atoms with Crippen LogP contribution in [0, 0.1) is 13.8 Å². The predicted molar refractivity (Wildman–Crippen MR) is 76.8 cm³/mol. The van der Waals surface area contributed by atoms with Crippen LogP contribution in [0.1, 0.15) is 31.6 Å². The van der Waals surface area contributed by atoms with Crippen LogP contribution in [-0.2, 0) is 0 Å². The van der Waals surface area contributed by atoms with Gasteiger partial charge in [-0.2, -0.15) is 5.10 Å². The highest BCUT2D eigenvalue weighted by Gasteiger charge is 2.14. The van der Waals surface area contributed by atoms with Gasteiger partial charge < -0.3 is 5.73 Å². The van der Waals surface area contributed by atoms with Crippen molar-refractivity contribution in [3.8, 4) is 0 Å². The number of nitrogens with one attached hydrogen (secondary N) is 1. The molecule has 2 aromatic rings. The van der Waals surface area contributed by atoms with Crippen LogP contribution in [0.25, 0.3) is 11.6 Å². The Morgan fingerprint density at radius 1 is 1.53 bits per heavy atom. The predicted octanol–water partition coefficient (Wildman–Crippen LogP) is 2.31. The maximum Gasteiger partial charge on any atom is 0.269 e. The summed E-state index contributed by atoms with van der Waals surface area (Å²) in [5.41, 5.74) is 7.82. The minimum Gasteiger partial charge on any atom is -0.364 e. The molecule has 0 unspecified atom stereocenters. The summed E-state index contributed by atoms with van der Waals surface area (Å²) in [6.07, 6.45) is 5.33. The Kier molecular flexibility index (Phi) is 3.62. The fourth-order valence-electron chi connectivity index (χ4n) is 1.65. The highest BCUT2D eigenvalue weighted by molar-refractivity contribution is 7.12. The lowest BCUT2D eigenvalue weighted by molar-refractivity contribution is 0.0995. The molecular weight excluding hydrogens is 260 g/mol. The largest absolute Gasteiger partial charge is 0.364 e. The van der Waals surface area contributed by atoms with Gasteiger partial charge >= 0.3 is 0 Å². The molecule has 0 aliphatic rings. The number of thiazole rings is 1. The molecule has 3 N–H and O–H groups in total. The minimum absolute atomic E-state index is 0.227. The zero-order chi connectivity index (χ0) is 14.0. The van der Waals surface area contributed by atoms with Crippen molar-refractivity contribution in [2.24, 2.45) is 5.73 Å². The molecule has 0 aliphatic heterocycles. The van der Waals surface area contributed by atoms with Crippen LogP contribution in [0.2, 0.25) is 0 Å². The van der Waals surface area contributed by atoms with Gasteiger partial charge in [-0.3, -0.25) is 9.89 Å². The first kappa shape index (κ1) is 13.2. The average molecular weight is 274 g/mol. The second-order valence-corrected chi connectivity index (χ2v) is 5.29.